The molecule has 0 amide bonds. The molecule has 0 radical (unpaired) electrons. The lowest BCUT2D eigenvalue weighted by molar-refractivity contribution is -0.385. The number of nitrogens with zero attached hydrogens (tertiary/aromatic N) is 5. The smallest absolute Gasteiger partial charge is 0.270 e. The van der Waals surface area contributed by atoms with Gasteiger partial charge in [-0.3, -0.25) is 10.1 Å². The van der Waals surface area contributed by atoms with Crippen molar-refractivity contribution in [3.63, 3.8) is 0 Å². The molecule has 2 aromatic rings. The Morgan fingerprint density at radius 3 is 2.62 bits per heavy atom. The normalized spacial score (nSPS) is 20.9. The van der Waals surface area contributed by atoms with Crippen LogP contribution in [-0.2, 0) is 10.0 Å². The number of aryl methyl sites for hydroxylation is 1. The molecule has 1 aromatic carbocycles. The molecule has 156 valence electrons. The van der Waals surface area contributed by atoms with Gasteiger partial charge in [0.2, 0.25) is 15.9 Å². The number of piperidine rings is 1. The maximum Gasteiger partial charge on any atom is 0.270 e. The highest BCUT2D eigenvalue weighted by molar-refractivity contribution is 7.89. The van der Waals surface area contributed by atoms with Crippen molar-refractivity contribution in [3.8, 4) is 0 Å². The van der Waals surface area contributed by atoms with E-state index >= 15 is 0 Å². The van der Waals surface area contributed by atoms with Gasteiger partial charge >= 0.3 is 0 Å². The number of sulfonamides is 1. The van der Waals surface area contributed by atoms with Crippen LogP contribution in [0.4, 0.5) is 11.4 Å². The van der Waals surface area contributed by atoms with Crippen molar-refractivity contribution in [2.24, 2.45) is 0 Å². The van der Waals surface area contributed by atoms with Crippen molar-refractivity contribution >= 4 is 21.4 Å². The summed E-state index contributed by atoms with van der Waals surface area (Å²) < 4.78 is 33.3. The first-order valence-corrected chi connectivity index (χ1v) is 11.1. The number of rotatable bonds is 5. The number of nitro benzene ring substituents is 1. The third-order valence-electron chi connectivity index (χ3n) is 5.49. The summed E-state index contributed by atoms with van der Waals surface area (Å²) in [6.45, 7) is 3.80. The third-order valence-corrected chi connectivity index (χ3v) is 7.42. The Labute approximate surface area is 168 Å². The predicted molar refractivity (Wildman–Crippen MR) is 104 cm³/mol. The number of hydrogen-bond acceptors (Lipinski definition) is 8. The SMILES string of the molecule is Cc1noc(C2CCCN(c3ccc([N+](=O)[O-])cc3S(=O)(=O)N3CCCC3)C2)n1. The van der Waals surface area contributed by atoms with Gasteiger partial charge in [0.05, 0.1) is 16.5 Å². The van der Waals surface area contributed by atoms with Crippen LogP contribution < -0.4 is 4.90 Å². The Bertz CT molecular complexity index is 1020. The monoisotopic (exact) mass is 421 g/mol. The average molecular weight is 421 g/mol. The van der Waals surface area contributed by atoms with Gasteiger partial charge in [0.1, 0.15) is 4.90 Å². The molecule has 11 heteroatoms. The minimum atomic E-state index is -3.82. The maximum absolute atomic E-state index is 13.3. The lowest BCUT2D eigenvalue weighted by Crippen LogP contribution is -2.36. The van der Waals surface area contributed by atoms with E-state index < -0.39 is 14.9 Å². The van der Waals surface area contributed by atoms with Crippen LogP contribution in [-0.4, -0.2) is 54.0 Å². The molecule has 2 saturated heterocycles. The summed E-state index contributed by atoms with van der Waals surface area (Å²) in [5.74, 6) is 1.09. The van der Waals surface area contributed by atoms with Crippen LogP contribution in [0.15, 0.2) is 27.6 Å². The van der Waals surface area contributed by atoms with Gasteiger partial charge in [0, 0.05) is 38.3 Å². The summed E-state index contributed by atoms with van der Waals surface area (Å²) in [7, 11) is -3.82. The molecule has 2 fully saturated rings. The maximum atomic E-state index is 13.3. The molecule has 0 bridgehead atoms. The summed E-state index contributed by atoms with van der Waals surface area (Å²) in [5.41, 5.74) is 0.260. The van der Waals surface area contributed by atoms with E-state index in [1.807, 2.05) is 4.90 Å². The molecule has 0 spiro atoms. The standard InChI is InChI=1S/C18H23N5O5S/c1-13-19-18(28-20-13)14-5-4-8-21(12-14)16-7-6-15(23(24)25)11-17(16)29(26,27)22-9-2-3-10-22/h6-7,11,14H,2-5,8-10,12H2,1H3. The van der Waals surface area contributed by atoms with Gasteiger partial charge in [-0.15, -0.1) is 0 Å². The van der Waals surface area contributed by atoms with Gasteiger partial charge in [0.15, 0.2) is 5.82 Å². The van der Waals surface area contributed by atoms with E-state index in [0.717, 1.165) is 25.7 Å². The quantitative estimate of drug-likeness (QED) is 0.533. The second-order valence-electron chi connectivity index (χ2n) is 7.49. The molecule has 1 aromatic heterocycles. The molecular formula is C18H23N5O5S. The van der Waals surface area contributed by atoms with Crippen LogP contribution in [0.25, 0.3) is 0 Å². The molecule has 0 N–H and O–H groups in total. The van der Waals surface area contributed by atoms with E-state index in [2.05, 4.69) is 10.1 Å². The molecule has 4 rings (SSSR count). The topological polar surface area (TPSA) is 123 Å². The van der Waals surface area contributed by atoms with E-state index in [4.69, 9.17) is 4.52 Å². The van der Waals surface area contributed by atoms with Crippen LogP contribution in [0.5, 0.6) is 0 Å². The second kappa shape index (κ2) is 7.71. The summed E-state index contributed by atoms with van der Waals surface area (Å²) in [6, 6.07) is 4.09. The highest BCUT2D eigenvalue weighted by atomic mass is 32.2. The highest BCUT2D eigenvalue weighted by Crippen LogP contribution is 2.36. The number of hydrogen-bond donors (Lipinski definition) is 0. The Balaban J connectivity index is 1.71. The van der Waals surface area contributed by atoms with Gasteiger partial charge in [-0.25, -0.2) is 8.42 Å². The molecule has 2 aliphatic heterocycles. The molecule has 0 saturated carbocycles. The number of nitro groups is 1. The fraction of sp³-hybridized carbons (Fsp3) is 0.556. The third kappa shape index (κ3) is 3.84. The van der Waals surface area contributed by atoms with Crippen LogP contribution >= 0.6 is 0 Å². The van der Waals surface area contributed by atoms with E-state index in [1.165, 1.54) is 16.4 Å². The zero-order chi connectivity index (χ0) is 20.6. The van der Waals surface area contributed by atoms with E-state index in [1.54, 1.807) is 13.0 Å². The van der Waals surface area contributed by atoms with Crippen molar-refractivity contribution in [2.45, 2.75) is 43.4 Å². The Hall–Kier alpha value is -2.53. The zero-order valence-corrected chi connectivity index (χ0v) is 17.0. The van der Waals surface area contributed by atoms with Crippen molar-refractivity contribution in [3.05, 3.63) is 40.0 Å². The Morgan fingerprint density at radius 2 is 1.97 bits per heavy atom. The summed E-state index contributed by atoms with van der Waals surface area (Å²) in [5, 5.41) is 15.1. The predicted octanol–water partition coefficient (Wildman–Crippen LogP) is 2.45. The van der Waals surface area contributed by atoms with Gasteiger partial charge in [-0.05, 0) is 38.7 Å². The van der Waals surface area contributed by atoms with Gasteiger partial charge in [-0.1, -0.05) is 5.16 Å². The van der Waals surface area contributed by atoms with Gasteiger partial charge < -0.3 is 9.42 Å². The number of non-ortho nitro benzene ring substituents is 1. The van der Waals surface area contributed by atoms with Crippen molar-refractivity contribution < 1.29 is 17.9 Å². The van der Waals surface area contributed by atoms with Crippen LogP contribution in [0.1, 0.15) is 43.3 Å². The molecule has 2 aliphatic rings. The Kier molecular flexibility index (Phi) is 5.26. The minimum absolute atomic E-state index is 0.00374. The molecule has 1 unspecified atom stereocenters. The first-order valence-electron chi connectivity index (χ1n) is 9.70. The average Bonchev–Trinajstić information content (AvgIpc) is 3.40. The largest absolute Gasteiger partial charge is 0.370 e. The molecular weight excluding hydrogens is 398 g/mol. The van der Waals surface area contributed by atoms with Crippen molar-refractivity contribution in [1.29, 1.82) is 0 Å². The Morgan fingerprint density at radius 1 is 1.21 bits per heavy atom. The lowest BCUT2D eigenvalue weighted by Gasteiger charge is -2.34. The van der Waals surface area contributed by atoms with Crippen LogP contribution in [0.2, 0.25) is 0 Å². The summed E-state index contributed by atoms with van der Waals surface area (Å²) >= 11 is 0. The molecule has 3 heterocycles. The van der Waals surface area contributed by atoms with Crippen molar-refractivity contribution in [2.75, 3.05) is 31.1 Å². The highest BCUT2D eigenvalue weighted by Gasteiger charge is 2.34. The van der Waals surface area contributed by atoms with Crippen LogP contribution in [0.3, 0.4) is 0 Å². The summed E-state index contributed by atoms with van der Waals surface area (Å²) in [6.07, 6.45) is 3.28. The van der Waals surface area contributed by atoms with Gasteiger partial charge in [-0.2, -0.15) is 9.29 Å². The summed E-state index contributed by atoms with van der Waals surface area (Å²) in [4.78, 5) is 17.0. The fourth-order valence-electron chi connectivity index (χ4n) is 4.03. The molecule has 29 heavy (non-hydrogen) atoms. The van der Waals surface area contributed by atoms with E-state index in [9.17, 15) is 18.5 Å². The molecule has 0 aliphatic carbocycles. The second-order valence-corrected chi connectivity index (χ2v) is 9.39. The zero-order valence-electron chi connectivity index (χ0n) is 16.2. The first kappa shape index (κ1) is 19.8. The molecule has 10 nitrogen and oxygen atoms in total. The van der Waals surface area contributed by atoms with Crippen molar-refractivity contribution in [1.82, 2.24) is 14.4 Å². The lowest BCUT2D eigenvalue weighted by atomic mass is 9.97. The number of aromatic nitrogens is 2. The number of anilines is 1. The minimum Gasteiger partial charge on any atom is -0.370 e. The first-order chi connectivity index (χ1) is 13.9. The van der Waals surface area contributed by atoms with Gasteiger partial charge in [0.25, 0.3) is 5.69 Å². The van der Waals surface area contributed by atoms with E-state index in [0.29, 0.717) is 43.6 Å². The van der Waals surface area contributed by atoms with E-state index in [-0.39, 0.29) is 16.5 Å². The van der Waals surface area contributed by atoms with Crippen LogP contribution in [0, 0.1) is 17.0 Å². The molecule has 1 atom stereocenters. The fourth-order valence-corrected chi connectivity index (χ4v) is 5.78. The number of benzene rings is 1.